The minimum Gasteiger partial charge on any atom is -0.394 e. The number of aromatic nitrogens is 2. The molecule has 0 saturated heterocycles. The Morgan fingerprint density at radius 1 is 1.38 bits per heavy atom. The summed E-state index contributed by atoms with van der Waals surface area (Å²) in [7, 11) is -2.37. The van der Waals surface area contributed by atoms with Crippen molar-refractivity contribution in [2.75, 3.05) is 24.3 Å². The average molecular weight is 352 g/mol. The number of allylic oxidation sites excluding steroid dienone is 1. The van der Waals surface area contributed by atoms with Crippen LogP contribution in [0.1, 0.15) is 6.92 Å². The van der Waals surface area contributed by atoms with Crippen LogP contribution in [0.5, 0.6) is 0 Å². The second-order valence-electron chi connectivity index (χ2n) is 5.39. The molecule has 3 N–H and O–H groups in total. The molecule has 0 fully saturated rings. The topological polar surface area (TPSA) is 96.2 Å². The van der Waals surface area contributed by atoms with Crippen molar-refractivity contribution < 1.29 is 17.9 Å². The summed E-state index contributed by atoms with van der Waals surface area (Å²) in [6, 6.07) is 4.20. The predicted molar refractivity (Wildman–Crippen MR) is 88.1 cm³/mol. The lowest BCUT2D eigenvalue weighted by atomic mass is 10.2. The van der Waals surface area contributed by atoms with Gasteiger partial charge in [-0.2, -0.15) is 0 Å². The van der Waals surface area contributed by atoms with Crippen LogP contribution in [-0.2, 0) is 9.84 Å². The Morgan fingerprint density at radius 3 is 2.62 bits per heavy atom. The number of rotatable bonds is 4. The summed E-state index contributed by atoms with van der Waals surface area (Å²) in [5.74, 6) is -0.0760. The van der Waals surface area contributed by atoms with Gasteiger partial charge in [0.15, 0.2) is 16.5 Å². The fourth-order valence-corrected chi connectivity index (χ4v) is 4.14. The standard InChI is InChI=1S/C15H17FN4O3S/c1-9-7-11(8-21)18-15-13(14(17-2)19-20(9)15)24(22,23)12-5-3-10(16)4-6-12/h3-7,11,18,21H,8H2,1-2H3,(H,17,19). The molecule has 2 heterocycles. The van der Waals surface area contributed by atoms with Crippen LogP contribution >= 0.6 is 0 Å². The van der Waals surface area contributed by atoms with Gasteiger partial charge in [-0.1, -0.05) is 0 Å². The summed E-state index contributed by atoms with van der Waals surface area (Å²) in [6.45, 7) is 1.58. The zero-order valence-electron chi connectivity index (χ0n) is 13.1. The molecule has 24 heavy (non-hydrogen) atoms. The maximum Gasteiger partial charge on any atom is 0.213 e. The Bertz CT molecular complexity index is 904. The molecule has 1 atom stereocenters. The molecule has 2 aromatic rings. The van der Waals surface area contributed by atoms with Gasteiger partial charge < -0.3 is 15.7 Å². The van der Waals surface area contributed by atoms with Crippen molar-refractivity contribution >= 4 is 27.2 Å². The predicted octanol–water partition coefficient (Wildman–Crippen LogP) is 1.54. The fraction of sp³-hybridized carbons (Fsp3) is 0.267. The highest BCUT2D eigenvalue weighted by molar-refractivity contribution is 7.91. The molecule has 0 bridgehead atoms. The van der Waals surface area contributed by atoms with Crippen molar-refractivity contribution in [3.63, 3.8) is 0 Å². The molecular weight excluding hydrogens is 335 g/mol. The third kappa shape index (κ3) is 2.55. The highest BCUT2D eigenvalue weighted by Crippen LogP contribution is 2.37. The van der Waals surface area contributed by atoms with E-state index in [9.17, 15) is 17.9 Å². The number of nitrogens with one attached hydrogen (secondary N) is 2. The first kappa shape index (κ1) is 16.5. The fourth-order valence-electron chi connectivity index (χ4n) is 2.61. The van der Waals surface area contributed by atoms with Crippen LogP contribution in [0, 0.1) is 5.82 Å². The molecule has 128 valence electrons. The van der Waals surface area contributed by atoms with Gasteiger partial charge >= 0.3 is 0 Å². The molecule has 0 spiro atoms. The molecular formula is C15H17FN4O3S. The lowest BCUT2D eigenvalue weighted by molar-refractivity contribution is 0.289. The molecule has 7 nitrogen and oxygen atoms in total. The van der Waals surface area contributed by atoms with Crippen LogP contribution < -0.4 is 10.6 Å². The number of hydrogen-bond acceptors (Lipinski definition) is 6. The first-order chi connectivity index (χ1) is 11.4. The van der Waals surface area contributed by atoms with Crippen LogP contribution in [0.25, 0.3) is 5.70 Å². The Balaban J connectivity index is 2.21. The van der Waals surface area contributed by atoms with Gasteiger partial charge in [0.05, 0.1) is 17.5 Å². The normalized spacial score (nSPS) is 17.0. The zero-order chi connectivity index (χ0) is 17.5. The Hall–Kier alpha value is -2.39. The van der Waals surface area contributed by atoms with Crippen LogP contribution in [0.2, 0.25) is 0 Å². The molecule has 0 aliphatic carbocycles. The number of aliphatic hydroxyl groups is 1. The Labute approximate surface area is 138 Å². The lowest BCUT2D eigenvalue weighted by Crippen LogP contribution is -2.28. The second kappa shape index (κ2) is 5.91. The van der Waals surface area contributed by atoms with Gasteiger partial charge in [0.1, 0.15) is 5.82 Å². The molecule has 1 unspecified atom stereocenters. The van der Waals surface area contributed by atoms with Crippen molar-refractivity contribution in [3.8, 4) is 0 Å². The van der Waals surface area contributed by atoms with Gasteiger partial charge in [-0.05, 0) is 37.3 Å². The van der Waals surface area contributed by atoms with E-state index in [0.29, 0.717) is 5.70 Å². The lowest BCUT2D eigenvalue weighted by Gasteiger charge is -2.22. The van der Waals surface area contributed by atoms with E-state index in [-0.39, 0.29) is 28.0 Å². The maximum absolute atomic E-state index is 13.1. The molecule has 0 saturated carbocycles. The van der Waals surface area contributed by atoms with Gasteiger partial charge in [-0.25, -0.2) is 17.5 Å². The smallest absolute Gasteiger partial charge is 0.213 e. The highest BCUT2D eigenvalue weighted by Gasteiger charge is 2.33. The van der Waals surface area contributed by atoms with Crippen molar-refractivity contribution in [1.82, 2.24) is 9.78 Å². The third-order valence-electron chi connectivity index (χ3n) is 3.77. The maximum atomic E-state index is 13.1. The van der Waals surface area contributed by atoms with Crippen molar-refractivity contribution in [1.29, 1.82) is 0 Å². The van der Waals surface area contributed by atoms with Gasteiger partial charge in [0.2, 0.25) is 9.84 Å². The number of sulfone groups is 1. The van der Waals surface area contributed by atoms with E-state index >= 15 is 0 Å². The second-order valence-corrected chi connectivity index (χ2v) is 7.27. The summed E-state index contributed by atoms with van der Waals surface area (Å²) in [6.07, 6.45) is 1.76. The Kier molecular flexibility index (Phi) is 4.06. The van der Waals surface area contributed by atoms with Crippen LogP contribution in [0.4, 0.5) is 16.0 Å². The van der Waals surface area contributed by atoms with Crippen LogP contribution in [0.3, 0.4) is 0 Å². The Morgan fingerprint density at radius 2 is 2.04 bits per heavy atom. The SMILES string of the molecule is CNc1nn2c(c1S(=O)(=O)c1ccc(F)cc1)NC(CO)C=C2C. The highest BCUT2D eigenvalue weighted by atomic mass is 32.2. The molecule has 0 radical (unpaired) electrons. The summed E-state index contributed by atoms with van der Waals surface area (Å²) in [5, 5.41) is 19.4. The first-order valence-electron chi connectivity index (χ1n) is 7.26. The van der Waals surface area contributed by atoms with Gasteiger partial charge in [-0.3, -0.25) is 0 Å². The number of benzene rings is 1. The largest absolute Gasteiger partial charge is 0.394 e. The van der Waals surface area contributed by atoms with Gasteiger partial charge in [0, 0.05) is 12.7 Å². The van der Waals surface area contributed by atoms with E-state index < -0.39 is 21.7 Å². The minimum atomic E-state index is -3.94. The van der Waals surface area contributed by atoms with Gasteiger partial charge in [0.25, 0.3) is 0 Å². The van der Waals surface area contributed by atoms with Crippen molar-refractivity contribution in [2.45, 2.75) is 22.8 Å². The summed E-state index contributed by atoms with van der Waals surface area (Å²) >= 11 is 0. The van der Waals surface area contributed by atoms with E-state index in [1.165, 1.54) is 16.8 Å². The first-order valence-corrected chi connectivity index (χ1v) is 8.74. The molecule has 0 amide bonds. The van der Waals surface area contributed by atoms with E-state index in [2.05, 4.69) is 15.7 Å². The number of anilines is 2. The zero-order valence-corrected chi connectivity index (χ0v) is 13.9. The third-order valence-corrected chi connectivity index (χ3v) is 5.58. The average Bonchev–Trinajstić information content (AvgIpc) is 2.95. The molecule has 9 heteroatoms. The number of fused-ring (bicyclic) bond motifs is 1. The molecule has 1 aliphatic rings. The summed E-state index contributed by atoms with van der Waals surface area (Å²) in [4.78, 5) is -0.0757. The number of halogens is 1. The van der Waals surface area contributed by atoms with E-state index in [1.54, 1.807) is 20.0 Å². The van der Waals surface area contributed by atoms with Crippen LogP contribution in [-0.4, -0.2) is 43.0 Å². The minimum absolute atomic E-state index is 0.0363. The van der Waals surface area contributed by atoms with Crippen molar-refractivity contribution in [3.05, 3.63) is 36.2 Å². The summed E-state index contributed by atoms with van der Waals surface area (Å²) in [5.41, 5.74) is 0.694. The van der Waals surface area contributed by atoms with E-state index in [4.69, 9.17) is 0 Å². The molecule has 1 aromatic heterocycles. The number of aliphatic hydroxyl groups excluding tert-OH is 1. The number of nitrogens with zero attached hydrogens (tertiary/aromatic N) is 2. The molecule has 1 aromatic carbocycles. The molecule has 3 rings (SSSR count). The molecule has 1 aliphatic heterocycles. The number of hydrogen-bond donors (Lipinski definition) is 3. The van der Waals surface area contributed by atoms with E-state index in [0.717, 1.165) is 12.1 Å². The van der Waals surface area contributed by atoms with Crippen molar-refractivity contribution in [2.24, 2.45) is 0 Å². The van der Waals surface area contributed by atoms with Gasteiger partial charge in [-0.15, -0.1) is 5.10 Å². The monoisotopic (exact) mass is 352 g/mol. The van der Waals surface area contributed by atoms with Crippen LogP contribution in [0.15, 0.2) is 40.1 Å². The van der Waals surface area contributed by atoms with E-state index in [1.807, 2.05) is 0 Å². The quantitative estimate of drug-likeness (QED) is 0.723. The summed E-state index contributed by atoms with van der Waals surface area (Å²) < 4.78 is 40.6.